The molecule has 1 N–H and O–H groups in total. The molecule has 0 bridgehead atoms. The van der Waals surface area contributed by atoms with Gasteiger partial charge in [-0.3, -0.25) is 19.3 Å². The van der Waals surface area contributed by atoms with Crippen LogP contribution in [0.3, 0.4) is 0 Å². The molecule has 0 radical (unpaired) electrons. The van der Waals surface area contributed by atoms with E-state index in [4.69, 9.17) is 16.3 Å². The molecule has 172 valence electrons. The van der Waals surface area contributed by atoms with Crippen molar-refractivity contribution in [2.45, 2.75) is 26.5 Å². The molecule has 1 atom stereocenters. The van der Waals surface area contributed by atoms with Gasteiger partial charge in [-0.1, -0.05) is 41.4 Å². The van der Waals surface area contributed by atoms with Gasteiger partial charge < -0.3 is 10.1 Å². The van der Waals surface area contributed by atoms with Crippen molar-refractivity contribution in [1.82, 2.24) is 4.90 Å². The third-order valence-electron chi connectivity index (χ3n) is 5.43. The van der Waals surface area contributed by atoms with Gasteiger partial charge in [-0.15, -0.1) is 0 Å². The van der Waals surface area contributed by atoms with E-state index in [0.717, 1.165) is 16.0 Å². The number of nitrogens with zero attached hydrogens (tertiary/aromatic N) is 1. The third-order valence-corrected chi connectivity index (χ3v) is 5.68. The van der Waals surface area contributed by atoms with Crippen molar-refractivity contribution in [3.63, 3.8) is 0 Å². The number of nitrogens with one attached hydrogen (secondary N) is 1. The summed E-state index contributed by atoms with van der Waals surface area (Å²) in [7, 11) is 0. The second kappa shape index (κ2) is 9.49. The molecule has 7 nitrogen and oxygen atoms in total. The van der Waals surface area contributed by atoms with Crippen molar-refractivity contribution >= 4 is 41.0 Å². The maximum absolute atomic E-state index is 12.9. The molecule has 1 aliphatic rings. The number of benzene rings is 3. The second-order valence-corrected chi connectivity index (χ2v) is 8.42. The maximum atomic E-state index is 12.9. The predicted octanol–water partition coefficient (Wildman–Crippen LogP) is 4.63. The van der Waals surface area contributed by atoms with Crippen LogP contribution in [-0.2, 0) is 16.1 Å². The van der Waals surface area contributed by atoms with E-state index in [9.17, 15) is 19.2 Å². The van der Waals surface area contributed by atoms with E-state index in [1.165, 1.54) is 25.1 Å². The number of halogens is 1. The average Bonchev–Trinajstić information content (AvgIpc) is 3.06. The number of fused-ring (bicyclic) bond motifs is 1. The topological polar surface area (TPSA) is 92.8 Å². The summed E-state index contributed by atoms with van der Waals surface area (Å²) in [6, 6.07) is 18.2. The van der Waals surface area contributed by atoms with Crippen LogP contribution >= 0.6 is 11.6 Å². The molecule has 0 aliphatic carbocycles. The minimum atomic E-state index is -1.07. The van der Waals surface area contributed by atoms with Gasteiger partial charge in [-0.05, 0) is 61.9 Å². The lowest BCUT2D eigenvalue weighted by Crippen LogP contribution is -2.30. The highest BCUT2D eigenvalue weighted by Gasteiger charge is 2.36. The lowest BCUT2D eigenvalue weighted by Gasteiger charge is -2.14. The smallest absolute Gasteiger partial charge is 0.338 e. The fourth-order valence-corrected chi connectivity index (χ4v) is 3.62. The maximum Gasteiger partial charge on any atom is 0.338 e. The molecule has 3 aromatic rings. The lowest BCUT2D eigenvalue weighted by molar-refractivity contribution is -0.123. The van der Waals surface area contributed by atoms with Crippen molar-refractivity contribution in [2.24, 2.45) is 0 Å². The molecule has 1 heterocycles. The van der Waals surface area contributed by atoms with Gasteiger partial charge in [0.15, 0.2) is 6.10 Å². The Morgan fingerprint density at radius 3 is 2.26 bits per heavy atom. The zero-order chi connectivity index (χ0) is 24.4. The minimum Gasteiger partial charge on any atom is -0.449 e. The summed E-state index contributed by atoms with van der Waals surface area (Å²) in [4.78, 5) is 51.7. The number of carbonyl (C=O) groups excluding carboxylic acids is 4. The van der Waals surface area contributed by atoms with Gasteiger partial charge in [0.1, 0.15) is 0 Å². The molecule has 3 amide bonds. The van der Waals surface area contributed by atoms with E-state index in [1.807, 2.05) is 19.1 Å². The minimum absolute atomic E-state index is 0.0724. The third kappa shape index (κ3) is 4.84. The Hall–Kier alpha value is -3.97. The summed E-state index contributed by atoms with van der Waals surface area (Å²) in [5.41, 5.74) is 2.77. The number of carbonyl (C=O) groups is 4. The Balaban J connectivity index is 1.44. The molecule has 34 heavy (non-hydrogen) atoms. The predicted molar refractivity (Wildman–Crippen MR) is 127 cm³/mol. The lowest BCUT2D eigenvalue weighted by atomic mass is 10.1. The van der Waals surface area contributed by atoms with Crippen molar-refractivity contribution in [2.75, 3.05) is 5.32 Å². The number of amides is 3. The molecular formula is C26H21ClN2O5. The summed E-state index contributed by atoms with van der Waals surface area (Å²) < 4.78 is 5.28. The fourth-order valence-electron chi connectivity index (χ4n) is 3.50. The first-order valence-corrected chi connectivity index (χ1v) is 10.9. The van der Waals surface area contributed by atoms with E-state index in [0.29, 0.717) is 10.7 Å². The van der Waals surface area contributed by atoms with Crippen LogP contribution in [0.1, 0.15) is 49.1 Å². The highest BCUT2D eigenvalue weighted by Crippen LogP contribution is 2.26. The summed E-state index contributed by atoms with van der Waals surface area (Å²) in [5.74, 6) is -2.21. The number of esters is 1. The number of anilines is 1. The fraction of sp³-hybridized carbons (Fsp3) is 0.154. The molecule has 1 unspecified atom stereocenters. The Kier molecular flexibility index (Phi) is 6.47. The van der Waals surface area contributed by atoms with Crippen LogP contribution < -0.4 is 5.32 Å². The molecule has 0 spiro atoms. The van der Waals surface area contributed by atoms with E-state index in [1.54, 1.807) is 36.4 Å². The van der Waals surface area contributed by atoms with Crippen molar-refractivity contribution in [1.29, 1.82) is 0 Å². The quantitative estimate of drug-likeness (QED) is 0.413. The van der Waals surface area contributed by atoms with Gasteiger partial charge >= 0.3 is 5.97 Å². The van der Waals surface area contributed by atoms with Gasteiger partial charge in [0.25, 0.3) is 17.7 Å². The largest absolute Gasteiger partial charge is 0.449 e. The number of rotatable bonds is 6. The summed E-state index contributed by atoms with van der Waals surface area (Å²) in [6.45, 7) is 3.47. The molecule has 1 aliphatic heterocycles. The van der Waals surface area contributed by atoms with Gasteiger partial charge in [0.2, 0.25) is 0 Å². The number of aryl methyl sites for hydroxylation is 1. The van der Waals surface area contributed by atoms with Crippen LogP contribution in [-0.4, -0.2) is 34.7 Å². The summed E-state index contributed by atoms with van der Waals surface area (Å²) in [6.07, 6.45) is -1.07. The van der Waals surface area contributed by atoms with Crippen LogP contribution in [0.5, 0.6) is 0 Å². The standard InChI is InChI=1S/C26H21ClN2O5/c1-15-3-10-20(11-4-15)28-23(30)16(2)34-26(33)18-7-12-21-22(13-18)25(32)29(24(21)31)14-17-5-8-19(27)9-6-17/h3-13,16H,14H2,1-2H3,(H,28,30). The van der Waals surface area contributed by atoms with E-state index < -0.39 is 29.8 Å². The van der Waals surface area contributed by atoms with Gasteiger partial charge in [0.05, 0.1) is 23.2 Å². The highest BCUT2D eigenvalue weighted by atomic mass is 35.5. The SMILES string of the molecule is Cc1ccc(NC(=O)C(C)OC(=O)c2ccc3c(c2)C(=O)N(Cc2ccc(Cl)cc2)C3=O)cc1. The van der Waals surface area contributed by atoms with Crippen LogP contribution in [0.25, 0.3) is 0 Å². The number of imide groups is 1. The number of hydrogen-bond acceptors (Lipinski definition) is 5. The monoisotopic (exact) mass is 476 g/mol. The van der Waals surface area contributed by atoms with Crippen LogP contribution in [0.15, 0.2) is 66.7 Å². The van der Waals surface area contributed by atoms with Crippen molar-refractivity contribution in [3.05, 3.63) is 99.6 Å². The van der Waals surface area contributed by atoms with E-state index >= 15 is 0 Å². The van der Waals surface area contributed by atoms with E-state index in [2.05, 4.69) is 5.32 Å². The first-order chi connectivity index (χ1) is 16.2. The molecule has 4 rings (SSSR count). The Bertz CT molecular complexity index is 1290. The Morgan fingerprint density at radius 1 is 0.941 bits per heavy atom. The molecule has 0 saturated heterocycles. The molecule has 0 aromatic heterocycles. The number of ether oxygens (including phenoxy) is 1. The molecule has 8 heteroatoms. The van der Waals surface area contributed by atoms with Gasteiger partial charge in [0, 0.05) is 10.7 Å². The molecule has 0 saturated carbocycles. The van der Waals surface area contributed by atoms with Crippen LogP contribution in [0.2, 0.25) is 5.02 Å². The zero-order valence-corrected chi connectivity index (χ0v) is 19.3. The normalized spacial score (nSPS) is 13.4. The van der Waals surface area contributed by atoms with Crippen molar-refractivity contribution < 1.29 is 23.9 Å². The number of hydrogen-bond donors (Lipinski definition) is 1. The zero-order valence-electron chi connectivity index (χ0n) is 18.5. The average molecular weight is 477 g/mol. The van der Waals surface area contributed by atoms with Crippen LogP contribution in [0.4, 0.5) is 5.69 Å². The Labute approximate surface area is 201 Å². The second-order valence-electron chi connectivity index (χ2n) is 7.99. The molecular weight excluding hydrogens is 456 g/mol. The first kappa shape index (κ1) is 23.2. The Morgan fingerprint density at radius 2 is 1.59 bits per heavy atom. The van der Waals surface area contributed by atoms with Crippen LogP contribution in [0, 0.1) is 6.92 Å². The van der Waals surface area contributed by atoms with Gasteiger partial charge in [-0.25, -0.2) is 4.79 Å². The summed E-state index contributed by atoms with van der Waals surface area (Å²) in [5, 5.41) is 3.23. The van der Waals surface area contributed by atoms with Gasteiger partial charge in [-0.2, -0.15) is 0 Å². The first-order valence-electron chi connectivity index (χ1n) is 10.6. The molecule has 0 fully saturated rings. The van der Waals surface area contributed by atoms with Crippen molar-refractivity contribution in [3.8, 4) is 0 Å². The van der Waals surface area contributed by atoms with E-state index in [-0.39, 0.29) is 23.2 Å². The molecule has 3 aromatic carbocycles. The summed E-state index contributed by atoms with van der Waals surface area (Å²) >= 11 is 5.89. The highest BCUT2D eigenvalue weighted by molar-refractivity contribution is 6.30.